The van der Waals surface area contributed by atoms with Gasteiger partial charge < -0.3 is 9.22 Å². The topological polar surface area (TPSA) is 29.5 Å². The molecule has 0 amide bonds. The van der Waals surface area contributed by atoms with Crippen LogP contribution in [0, 0.1) is 0 Å². The summed E-state index contributed by atoms with van der Waals surface area (Å²) >= 11 is 0. The van der Waals surface area contributed by atoms with Crippen LogP contribution in [0.2, 0.25) is 10.1 Å². The molecule has 4 heteroatoms. The predicted octanol–water partition coefficient (Wildman–Crippen LogP) is 7.07. The van der Waals surface area contributed by atoms with Crippen molar-refractivity contribution in [1.82, 2.24) is 0 Å². The minimum atomic E-state index is -2.80. The Kier molecular flexibility index (Phi) is 11.3. The smallest absolute Gasteiger partial charge is 0.251 e. The van der Waals surface area contributed by atoms with Crippen molar-refractivity contribution >= 4 is 37.4 Å². The summed E-state index contributed by atoms with van der Waals surface area (Å²) < 4.78 is 8.18. The monoisotopic (exact) mass is 580 g/mol. The highest BCUT2D eigenvalue weighted by Crippen LogP contribution is 2.44. The van der Waals surface area contributed by atoms with Gasteiger partial charge in [0.15, 0.2) is 0 Å². The first-order valence-electron chi connectivity index (χ1n) is 14.7. The van der Waals surface area contributed by atoms with E-state index >= 15 is 0 Å². The Hall–Kier alpha value is -3.03. The van der Waals surface area contributed by atoms with Crippen molar-refractivity contribution in [3.05, 3.63) is 134 Å². The molecule has 0 unspecified atom stereocenters. The largest absolute Gasteiger partial charge is 0.441 e. The second kappa shape index (κ2) is 14.2. The van der Waals surface area contributed by atoms with E-state index in [1.54, 1.807) is 6.08 Å². The maximum absolute atomic E-state index is 8.18. The molecular weight excluding hydrogens is 533 g/mol. The van der Waals surface area contributed by atoms with E-state index in [9.17, 15) is 0 Å². The number of benzene rings is 4. The molecule has 0 heterocycles. The first-order valence-corrected chi connectivity index (χ1v) is 18.5. The molecule has 4 aromatic carbocycles. The number of aliphatic hydroxyl groups excluding tert-OH is 1. The third kappa shape index (κ3) is 7.07. The molecule has 0 radical (unpaired) electrons. The van der Waals surface area contributed by atoms with Crippen LogP contribution in [0.1, 0.15) is 54.4 Å². The Morgan fingerprint density at radius 2 is 0.829 bits per heavy atom. The summed E-state index contributed by atoms with van der Waals surface area (Å²) in [6, 6.07) is 44.1. The Morgan fingerprint density at radius 3 is 1.00 bits per heavy atom. The highest BCUT2D eigenvalue weighted by Gasteiger charge is 2.60. The second-order valence-electron chi connectivity index (χ2n) is 12.6. The maximum atomic E-state index is 8.18. The Morgan fingerprint density at radius 1 is 0.561 bits per heavy atom. The van der Waals surface area contributed by atoms with Gasteiger partial charge in [0.2, 0.25) is 0 Å². The zero-order chi connectivity index (χ0) is 30.0. The van der Waals surface area contributed by atoms with E-state index in [4.69, 9.17) is 9.22 Å². The zero-order valence-corrected chi connectivity index (χ0v) is 27.8. The summed E-state index contributed by atoms with van der Waals surface area (Å²) in [5.41, 5.74) is 0. The maximum Gasteiger partial charge on any atom is 0.251 e. The van der Waals surface area contributed by atoms with Crippen LogP contribution in [0.3, 0.4) is 0 Å². The van der Waals surface area contributed by atoms with Crippen LogP contribution in [0.5, 0.6) is 0 Å². The molecule has 1 N–H and O–H groups in total. The fourth-order valence-electron chi connectivity index (χ4n) is 5.76. The lowest BCUT2D eigenvalue weighted by atomic mass is 10.2. The zero-order valence-electron chi connectivity index (χ0n) is 25.8. The standard InChI is InChI=1S/C32H38OSi2.C5H10O/c1-31(2,3)34(27-19-11-7-12-20-27,28-21-13-8-14-22-28)33-35(32(4,5)6,29-23-15-9-16-24-29)30-25-17-10-18-26-30;1-2-3-4-5-6/h7-26H,1-6H3;2,6H,1,3-5H2. The molecule has 4 aromatic rings. The van der Waals surface area contributed by atoms with E-state index in [2.05, 4.69) is 169 Å². The van der Waals surface area contributed by atoms with E-state index in [1.807, 2.05) is 0 Å². The number of unbranched alkanes of at least 4 members (excludes halogenated alkanes) is 1. The van der Waals surface area contributed by atoms with E-state index in [1.165, 1.54) is 20.7 Å². The summed E-state index contributed by atoms with van der Waals surface area (Å²) in [6.07, 6.45) is 3.58. The summed E-state index contributed by atoms with van der Waals surface area (Å²) in [6.45, 7) is 18.0. The van der Waals surface area contributed by atoms with Crippen molar-refractivity contribution in [2.24, 2.45) is 0 Å². The number of hydrogen-bond donors (Lipinski definition) is 1. The predicted molar refractivity (Wildman–Crippen MR) is 183 cm³/mol. The minimum Gasteiger partial charge on any atom is -0.441 e. The van der Waals surface area contributed by atoms with Gasteiger partial charge in [0.1, 0.15) is 0 Å². The lowest BCUT2D eigenvalue weighted by Crippen LogP contribution is -2.78. The van der Waals surface area contributed by atoms with Crippen LogP contribution in [-0.2, 0) is 4.12 Å². The van der Waals surface area contributed by atoms with Gasteiger partial charge in [-0.3, -0.25) is 0 Å². The van der Waals surface area contributed by atoms with Gasteiger partial charge in [-0.1, -0.05) is 169 Å². The molecular formula is C37H48O2Si2. The average Bonchev–Trinajstić information content (AvgIpc) is 2.98. The van der Waals surface area contributed by atoms with Crippen molar-refractivity contribution in [2.75, 3.05) is 6.61 Å². The molecule has 2 nitrogen and oxygen atoms in total. The van der Waals surface area contributed by atoms with Gasteiger partial charge in [-0.15, -0.1) is 6.58 Å². The summed E-state index contributed by atoms with van der Waals surface area (Å²) in [4.78, 5) is 0. The Bertz CT molecular complexity index is 1130. The normalized spacial score (nSPS) is 12.3. The van der Waals surface area contributed by atoms with Crippen LogP contribution in [0.15, 0.2) is 134 Å². The molecule has 4 rings (SSSR count). The number of aliphatic hydroxyl groups is 1. The molecule has 0 saturated heterocycles. The van der Waals surface area contributed by atoms with Crippen LogP contribution in [0.4, 0.5) is 0 Å². The fraction of sp³-hybridized carbons (Fsp3) is 0.297. The van der Waals surface area contributed by atoms with Gasteiger partial charge in [-0.25, -0.2) is 0 Å². The van der Waals surface area contributed by atoms with Crippen LogP contribution >= 0.6 is 0 Å². The highest BCUT2D eigenvalue weighted by atomic mass is 28.4. The molecule has 0 saturated carbocycles. The molecule has 0 aromatic heterocycles. The van der Waals surface area contributed by atoms with E-state index in [0.29, 0.717) is 0 Å². The van der Waals surface area contributed by atoms with Crippen molar-refractivity contribution in [1.29, 1.82) is 0 Å². The minimum absolute atomic E-state index is 0.0945. The first kappa shape index (κ1) is 32.5. The summed E-state index contributed by atoms with van der Waals surface area (Å²) in [5, 5.41) is 13.3. The highest BCUT2D eigenvalue weighted by molar-refractivity contribution is 7.11. The Labute approximate surface area is 251 Å². The number of hydrogen-bond acceptors (Lipinski definition) is 2. The van der Waals surface area contributed by atoms with E-state index in [0.717, 1.165) is 12.8 Å². The molecule has 0 spiro atoms. The van der Waals surface area contributed by atoms with Gasteiger partial charge in [0, 0.05) is 6.61 Å². The van der Waals surface area contributed by atoms with Crippen LogP contribution < -0.4 is 20.7 Å². The quantitative estimate of drug-likeness (QED) is 0.130. The molecule has 0 fully saturated rings. The number of rotatable bonds is 9. The van der Waals surface area contributed by atoms with Gasteiger partial charge in [0.25, 0.3) is 16.6 Å². The molecule has 0 aliphatic carbocycles. The first-order chi connectivity index (χ1) is 19.5. The Balaban J connectivity index is 0.000000696. The SMILES string of the molecule is C=CCCCO.CC(C)(C)[Si](O[Si](c1ccccc1)(c1ccccc1)C(C)(C)C)(c1ccccc1)c1ccccc1. The molecule has 41 heavy (non-hydrogen) atoms. The third-order valence-corrected chi connectivity index (χ3v) is 19.0. The van der Waals surface area contributed by atoms with Gasteiger partial charge in [-0.05, 0) is 43.7 Å². The number of allylic oxidation sites excluding steroid dienone is 1. The van der Waals surface area contributed by atoms with Crippen molar-refractivity contribution < 1.29 is 9.22 Å². The lowest BCUT2D eigenvalue weighted by Gasteiger charge is -2.53. The molecule has 0 atom stereocenters. The van der Waals surface area contributed by atoms with Crippen LogP contribution in [0.25, 0.3) is 0 Å². The second-order valence-corrected chi connectivity index (χ2v) is 21.4. The fourth-order valence-corrected chi connectivity index (χ4v) is 18.7. The van der Waals surface area contributed by atoms with Gasteiger partial charge >= 0.3 is 0 Å². The molecule has 0 aliphatic heterocycles. The summed E-state index contributed by atoms with van der Waals surface area (Å²) in [5.74, 6) is 0. The molecule has 216 valence electrons. The van der Waals surface area contributed by atoms with E-state index in [-0.39, 0.29) is 16.7 Å². The van der Waals surface area contributed by atoms with Gasteiger partial charge in [-0.2, -0.15) is 0 Å². The van der Waals surface area contributed by atoms with Crippen molar-refractivity contribution in [2.45, 2.75) is 64.5 Å². The van der Waals surface area contributed by atoms with Crippen molar-refractivity contribution in [3.63, 3.8) is 0 Å². The van der Waals surface area contributed by atoms with E-state index < -0.39 is 16.6 Å². The third-order valence-electron chi connectivity index (χ3n) is 7.71. The van der Waals surface area contributed by atoms with Crippen LogP contribution in [-0.4, -0.2) is 28.3 Å². The average molecular weight is 581 g/mol. The molecule has 0 aliphatic rings. The molecule has 0 bridgehead atoms. The van der Waals surface area contributed by atoms with Crippen molar-refractivity contribution in [3.8, 4) is 0 Å². The van der Waals surface area contributed by atoms with Gasteiger partial charge in [0.05, 0.1) is 0 Å². The summed E-state index contributed by atoms with van der Waals surface area (Å²) in [7, 11) is -5.60. The lowest BCUT2D eigenvalue weighted by molar-refractivity contribution is 0.289.